The average Bonchev–Trinajstić information content (AvgIpc) is 3.26. The molecular weight excluding hydrogens is 348 g/mol. The van der Waals surface area contributed by atoms with Gasteiger partial charge in [0.1, 0.15) is 12.7 Å². The van der Waals surface area contributed by atoms with Crippen LogP contribution in [0.3, 0.4) is 0 Å². The largest absolute Gasteiger partial charge is 0.449 e. The van der Waals surface area contributed by atoms with E-state index in [1.54, 1.807) is 53.9 Å². The third-order valence-corrected chi connectivity index (χ3v) is 4.20. The molecule has 3 aromatic rings. The zero-order chi connectivity index (χ0) is 19.6. The predicted molar refractivity (Wildman–Crippen MR) is 97.5 cm³/mol. The number of nitrogens with zero attached hydrogens (tertiary/aromatic N) is 5. The monoisotopic (exact) mass is 368 g/mol. The number of nitrogens with one attached hydrogen (secondary N) is 1. The minimum Gasteiger partial charge on any atom is -0.449 e. The van der Waals surface area contributed by atoms with Crippen molar-refractivity contribution in [3.63, 3.8) is 0 Å². The van der Waals surface area contributed by atoms with Crippen LogP contribution in [0.25, 0.3) is 5.69 Å². The first-order chi connectivity index (χ1) is 12.9. The predicted octanol–water partition coefficient (Wildman–Crippen LogP) is 1.80. The number of ether oxygens (including phenoxy) is 1. The van der Waals surface area contributed by atoms with Gasteiger partial charge >= 0.3 is 5.97 Å². The fraction of sp³-hybridized carbons (Fsp3) is 0.278. The standard InChI is InChI=1S/C18H20N6O3/c1-11-16(12(2)23(4)22-11)21-17(25)13(3)27-18(26)14-5-7-15(8-6-14)24-10-19-9-20-24/h5-10,13H,1-4H3,(H,21,25)/t13-/m1/s1. The molecule has 3 rings (SSSR count). The third kappa shape index (κ3) is 3.86. The van der Waals surface area contributed by atoms with Crippen molar-refractivity contribution < 1.29 is 14.3 Å². The van der Waals surface area contributed by atoms with E-state index in [2.05, 4.69) is 20.5 Å². The van der Waals surface area contributed by atoms with E-state index < -0.39 is 18.0 Å². The quantitative estimate of drug-likeness (QED) is 0.689. The molecule has 0 unspecified atom stereocenters. The molecule has 2 aromatic heterocycles. The number of aromatic nitrogens is 5. The summed E-state index contributed by atoms with van der Waals surface area (Å²) in [5, 5.41) is 11.0. The Balaban J connectivity index is 1.63. The zero-order valence-electron chi connectivity index (χ0n) is 15.5. The van der Waals surface area contributed by atoms with E-state index in [-0.39, 0.29) is 0 Å². The van der Waals surface area contributed by atoms with Gasteiger partial charge in [-0.15, -0.1) is 0 Å². The Morgan fingerprint density at radius 2 is 1.89 bits per heavy atom. The van der Waals surface area contributed by atoms with E-state index in [1.807, 2.05) is 6.92 Å². The highest BCUT2D eigenvalue weighted by atomic mass is 16.5. The maximum absolute atomic E-state index is 12.4. The molecule has 0 bridgehead atoms. The summed E-state index contributed by atoms with van der Waals surface area (Å²) in [5.74, 6) is -0.996. The van der Waals surface area contributed by atoms with Crippen molar-refractivity contribution in [3.8, 4) is 5.69 Å². The minimum atomic E-state index is -0.952. The number of anilines is 1. The van der Waals surface area contributed by atoms with E-state index >= 15 is 0 Å². The number of carbonyl (C=O) groups excluding carboxylic acids is 2. The summed E-state index contributed by atoms with van der Waals surface area (Å²) in [6.45, 7) is 5.18. The number of aryl methyl sites for hydroxylation is 2. The molecule has 9 nitrogen and oxygen atoms in total. The van der Waals surface area contributed by atoms with Crippen molar-refractivity contribution in [2.45, 2.75) is 26.9 Å². The molecule has 0 spiro atoms. The highest BCUT2D eigenvalue weighted by molar-refractivity contribution is 5.98. The molecule has 1 amide bonds. The molecule has 0 fully saturated rings. The molecule has 140 valence electrons. The maximum Gasteiger partial charge on any atom is 0.338 e. The summed E-state index contributed by atoms with van der Waals surface area (Å²) < 4.78 is 8.53. The Hall–Kier alpha value is -3.49. The average molecular weight is 368 g/mol. The van der Waals surface area contributed by atoms with Crippen molar-refractivity contribution in [2.24, 2.45) is 7.05 Å². The van der Waals surface area contributed by atoms with Crippen LogP contribution in [0.15, 0.2) is 36.9 Å². The van der Waals surface area contributed by atoms with Gasteiger partial charge in [-0.3, -0.25) is 9.48 Å². The van der Waals surface area contributed by atoms with Gasteiger partial charge in [-0.1, -0.05) is 0 Å². The zero-order valence-corrected chi connectivity index (χ0v) is 15.5. The summed E-state index contributed by atoms with van der Waals surface area (Å²) in [7, 11) is 1.80. The fourth-order valence-corrected chi connectivity index (χ4v) is 2.55. The second kappa shape index (κ2) is 7.40. The van der Waals surface area contributed by atoms with Gasteiger partial charge in [0.2, 0.25) is 0 Å². The van der Waals surface area contributed by atoms with E-state index in [0.29, 0.717) is 16.9 Å². The van der Waals surface area contributed by atoms with Crippen LogP contribution in [-0.4, -0.2) is 42.5 Å². The molecule has 1 N–H and O–H groups in total. The first-order valence-electron chi connectivity index (χ1n) is 8.34. The van der Waals surface area contributed by atoms with Crippen LogP contribution in [-0.2, 0) is 16.6 Å². The molecule has 0 aliphatic heterocycles. The van der Waals surface area contributed by atoms with Crippen molar-refractivity contribution in [1.82, 2.24) is 24.5 Å². The second-order valence-electron chi connectivity index (χ2n) is 6.09. The lowest BCUT2D eigenvalue weighted by atomic mass is 10.2. The summed E-state index contributed by atoms with van der Waals surface area (Å²) in [5.41, 5.74) is 3.25. The van der Waals surface area contributed by atoms with E-state index in [1.165, 1.54) is 13.3 Å². The smallest absolute Gasteiger partial charge is 0.338 e. The lowest BCUT2D eigenvalue weighted by Crippen LogP contribution is -2.30. The lowest BCUT2D eigenvalue weighted by molar-refractivity contribution is -0.123. The highest BCUT2D eigenvalue weighted by Gasteiger charge is 2.21. The van der Waals surface area contributed by atoms with Gasteiger partial charge in [0.15, 0.2) is 6.10 Å². The van der Waals surface area contributed by atoms with Crippen molar-refractivity contribution >= 4 is 17.6 Å². The van der Waals surface area contributed by atoms with E-state index in [0.717, 1.165) is 11.4 Å². The van der Waals surface area contributed by atoms with Crippen molar-refractivity contribution in [1.29, 1.82) is 0 Å². The lowest BCUT2D eigenvalue weighted by Gasteiger charge is -2.14. The minimum absolute atomic E-state index is 0.340. The molecule has 0 aliphatic carbocycles. The van der Waals surface area contributed by atoms with Crippen LogP contribution in [0.5, 0.6) is 0 Å². The van der Waals surface area contributed by atoms with Gasteiger partial charge in [0, 0.05) is 7.05 Å². The SMILES string of the molecule is Cc1nn(C)c(C)c1NC(=O)[C@@H](C)OC(=O)c1ccc(-n2cncn2)cc1. The van der Waals surface area contributed by atoms with E-state index in [9.17, 15) is 9.59 Å². The number of benzene rings is 1. The van der Waals surface area contributed by atoms with Gasteiger partial charge in [-0.2, -0.15) is 10.2 Å². The van der Waals surface area contributed by atoms with Crippen molar-refractivity contribution in [2.75, 3.05) is 5.32 Å². The van der Waals surface area contributed by atoms with Crippen LogP contribution in [0.2, 0.25) is 0 Å². The highest BCUT2D eigenvalue weighted by Crippen LogP contribution is 2.19. The molecule has 1 aromatic carbocycles. The molecular formula is C18H20N6O3. The van der Waals surface area contributed by atoms with Gasteiger partial charge < -0.3 is 10.1 Å². The second-order valence-corrected chi connectivity index (χ2v) is 6.09. The van der Waals surface area contributed by atoms with Crippen LogP contribution in [0.1, 0.15) is 28.7 Å². The number of amides is 1. The summed E-state index contributed by atoms with van der Waals surface area (Å²) in [4.78, 5) is 28.5. The van der Waals surface area contributed by atoms with Gasteiger partial charge in [0.05, 0.1) is 28.3 Å². The van der Waals surface area contributed by atoms with Gasteiger partial charge in [-0.05, 0) is 45.0 Å². The Labute approximate surface area is 156 Å². The normalized spacial score (nSPS) is 11.9. The molecule has 0 saturated carbocycles. The Kier molecular flexibility index (Phi) is 5.02. The summed E-state index contributed by atoms with van der Waals surface area (Å²) >= 11 is 0. The fourth-order valence-electron chi connectivity index (χ4n) is 2.55. The molecule has 0 saturated heterocycles. The Morgan fingerprint density at radius 3 is 2.44 bits per heavy atom. The molecule has 0 aliphatic rings. The topological polar surface area (TPSA) is 104 Å². The number of hydrogen-bond donors (Lipinski definition) is 1. The molecule has 2 heterocycles. The van der Waals surface area contributed by atoms with Gasteiger partial charge in [0.25, 0.3) is 5.91 Å². The number of hydrogen-bond acceptors (Lipinski definition) is 6. The maximum atomic E-state index is 12.4. The molecule has 1 atom stereocenters. The Morgan fingerprint density at radius 1 is 1.19 bits per heavy atom. The summed E-state index contributed by atoms with van der Waals surface area (Å²) in [6.07, 6.45) is 2.03. The molecule has 9 heteroatoms. The van der Waals surface area contributed by atoms with E-state index in [4.69, 9.17) is 4.74 Å². The molecule has 0 radical (unpaired) electrons. The number of carbonyl (C=O) groups is 2. The van der Waals surface area contributed by atoms with Crippen LogP contribution < -0.4 is 5.32 Å². The third-order valence-electron chi connectivity index (χ3n) is 4.20. The molecule has 27 heavy (non-hydrogen) atoms. The first kappa shape index (κ1) is 18.3. The first-order valence-corrected chi connectivity index (χ1v) is 8.34. The van der Waals surface area contributed by atoms with Gasteiger partial charge in [-0.25, -0.2) is 14.5 Å². The number of rotatable bonds is 5. The van der Waals surface area contributed by atoms with Crippen LogP contribution in [0, 0.1) is 13.8 Å². The summed E-state index contributed by atoms with van der Waals surface area (Å²) in [6, 6.07) is 6.66. The van der Waals surface area contributed by atoms with Crippen molar-refractivity contribution in [3.05, 3.63) is 53.9 Å². The Bertz CT molecular complexity index is 960. The number of esters is 1. The van der Waals surface area contributed by atoms with Crippen LogP contribution in [0.4, 0.5) is 5.69 Å². The van der Waals surface area contributed by atoms with Crippen LogP contribution >= 0.6 is 0 Å².